The molecular weight excluding hydrogens is 246 g/mol. The Morgan fingerprint density at radius 1 is 1.00 bits per heavy atom. The lowest BCUT2D eigenvalue weighted by molar-refractivity contribution is 0.414. The van der Waals surface area contributed by atoms with Crippen molar-refractivity contribution in [1.82, 2.24) is 5.32 Å². The minimum atomic E-state index is 0.857. The van der Waals surface area contributed by atoms with Crippen molar-refractivity contribution in [3.63, 3.8) is 0 Å². The van der Waals surface area contributed by atoms with Crippen LogP contribution < -0.4 is 10.1 Å². The van der Waals surface area contributed by atoms with Gasteiger partial charge in [0.05, 0.1) is 7.11 Å². The highest BCUT2D eigenvalue weighted by Crippen LogP contribution is 2.29. The Morgan fingerprint density at radius 3 is 2.30 bits per heavy atom. The van der Waals surface area contributed by atoms with Crippen molar-refractivity contribution in [2.45, 2.75) is 27.3 Å². The van der Waals surface area contributed by atoms with Crippen LogP contribution in [0.2, 0.25) is 0 Å². The first-order chi connectivity index (χ1) is 9.63. The van der Waals surface area contributed by atoms with Crippen LogP contribution in [-0.2, 0) is 6.54 Å². The smallest absolute Gasteiger partial charge is 0.119 e. The van der Waals surface area contributed by atoms with Gasteiger partial charge in [-0.3, -0.25) is 0 Å². The molecule has 0 unspecified atom stereocenters. The van der Waals surface area contributed by atoms with Crippen molar-refractivity contribution in [1.29, 1.82) is 0 Å². The Labute approximate surface area is 121 Å². The summed E-state index contributed by atoms with van der Waals surface area (Å²) in [7, 11) is 1.71. The summed E-state index contributed by atoms with van der Waals surface area (Å²) < 4.78 is 5.35. The Bertz CT molecular complexity index is 570. The Balaban J connectivity index is 2.48. The molecule has 0 saturated heterocycles. The second-order valence-corrected chi connectivity index (χ2v) is 5.18. The SMILES string of the molecule is CCNCc1cc(OC)ccc1-c1cc(C)cc(C)c1. The lowest BCUT2D eigenvalue weighted by Gasteiger charge is -2.13. The summed E-state index contributed by atoms with van der Waals surface area (Å²) in [6, 6.07) is 13.0. The average Bonchev–Trinajstić information content (AvgIpc) is 2.43. The van der Waals surface area contributed by atoms with E-state index in [-0.39, 0.29) is 0 Å². The van der Waals surface area contributed by atoms with Crippen LogP contribution in [-0.4, -0.2) is 13.7 Å². The van der Waals surface area contributed by atoms with Crippen LogP contribution in [0.15, 0.2) is 36.4 Å². The van der Waals surface area contributed by atoms with E-state index < -0.39 is 0 Å². The minimum Gasteiger partial charge on any atom is -0.497 e. The fourth-order valence-electron chi connectivity index (χ4n) is 2.51. The van der Waals surface area contributed by atoms with Gasteiger partial charge in [-0.05, 0) is 49.2 Å². The highest BCUT2D eigenvalue weighted by atomic mass is 16.5. The van der Waals surface area contributed by atoms with Gasteiger partial charge in [-0.1, -0.05) is 42.3 Å². The van der Waals surface area contributed by atoms with E-state index in [1.807, 2.05) is 6.07 Å². The first kappa shape index (κ1) is 14.6. The standard InChI is InChI=1S/C18H23NO/c1-5-19-12-16-11-17(20-4)6-7-18(16)15-9-13(2)8-14(3)10-15/h6-11,19H,5,12H2,1-4H3. The number of nitrogens with one attached hydrogen (secondary N) is 1. The van der Waals surface area contributed by atoms with Crippen molar-refractivity contribution >= 4 is 0 Å². The van der Waals surface area contributed by atoms with Gasteiger partial charge in [0.1, 0.15) is 5.75 Å². The molecule has 0 bridgehead atoms. The van der Waals surface area contributed by atoms with Crippen LogP contribution in [0.5, 0.6) is 5.75 Å². The molecule has 0 saturated carbocycles. The first-order valence-corrected chi connectivity index (χ1v) is 7.10. The van der Waals surface area contributed by atoms with Gasteiger partial charge in [-0.15, -0.1) is 0 Å². The first-order valence-electron chi connectivity index (χ1n) is 7.10. The summed E-state index contributed by atoms with van der Waals surface area (Å²) in [5.74, 6) is 0.908. The van der Waals surface area contributed by atoms with Gasteiger partial charge in [-0.25, -0.2) is 0 Å². The molecule has 2 heteroatoms. The lowest BCUT2D eigenvalue weighted by atomic mass is 9.96. The predicted molar refractivity (Wildman–Crippen MR) is 85.3 cm³/mol. The van der Waals surface area contributed by atoms with Gasteiger partial charge in [0.2, 0.25) is 0 Å². The largest absolute Gasteiger partial charge is 0.497 e. The molecule has 2 nitrogen and oxygen atoms in total. The third kappa shape index (κ3) is 3.40. The molecule has 1 N–H and O–H groups in total. The van der Waals surface area contributed by atoms with Crippen molar-refractivity contribution < 1.29 is 4.74 Å². The van der Waals surface area contributed by atoms with Gasteiger partial charge in [0.15, 0.2) is 0 Å². The number of rotatable bonds is 5. The molecular formula is C18H23NO. The Hall–Kier alpha value is -1.80. The zero-order valence-electron chi connectivity index (χ0n) is 12.8. The quantitative estimate of drug-likeness (QED) is 0.882. The molecule has 0 fully saturated rings. The third-order valence-electron chi connectivity index (χ3n) is 3.41. The maximum atomic E-state index is 5.35. The molecule has 0 amide bonds. The maximum Gasteiger partial charge on any atom is 0.119 e. The zero-order valence-corrected chi connectivity index (χ0v) is 12.8. The highest BCUT2D eigenvalue weighted by molar-refractivity contribution is 5.69. The van der Waals surface area contributed by atoms with Gasteiger partial charge in [0, 0.05) is 6.54 Å². The van der Waals surface area contributed by atoms with Gasteiger partial charge in [0.25, 0.3) is 0 Å². The van der Waals surface area contributed by atoms with Crippen molar-refractivity contribution in [3.05, 3.63) is 53.1 Å². The van der Waals surface area contributed by atoms with Gasteiger partial charge in [-0.2, -0.15) is 0 Å². The van der Waals surface area contributed by atoms with Crippen LogP contribution in [0.3, 0.4) is 0 Å². The van der Waals surface area contributed by atoms with Crippen molar-refractivity contribution in [2.75, 3.05) is 13.7 Å². The Morgan fingerprint density at radius 2 is 1.70 bits per heavy atom. The maximum absolute atomic E-state index is 5.35. The molecule has 20 heavy (non-hydrogen) atoms. The summed E-state index contributed by atoms with van der Waals surface area (Å²) in [5.41, 5.74) is 6.42. The fraction of sp³-hybridized carbons (Fsp3) is 0.333. The molecule has 106 valence electrons. The molecule has 2 aromatic rings. The van der Waals surface area contributed by atoms with E-state index in [9.17, 15) is 0 Å². The zero-order chi connectivity index (χ0) is 14.5. The summed E-state index contributed by atoms with van der Waals surface area (Å²) in [6.07, 6.45) is 0. The van der Waals surface area contributed by atoms with Crippen molar-refractivity contribution in [2.24, 2.45) is 0 Å². The van der Waals surface area contributed by atoms with Crippen LogP contribution >= 0.6 is 0 Å². The third-order valence-corrected chi connectivity index (χ3v) is 3.41. The van der Waals surface area contributed by atoms with Crippen LogP contribution in [0.4, 0.5) is 0 Å². The molecule has 2 aromatic carbocycles. The number of hydrogen-bond donors (Lipinski definition) is 1. The van der Waals surface area contributed by atoms with E-state index in [2.05, 4.69) is 56.4 Å². The van der Waals surface area contributed by atoms with E-state index in [1.54, 1.807) is 7.11 Å². The van der Waals surface area contributed by atoms with Gasteiger partial charge >= 0.3 is 0 Å². The molecule has 0 aliphatic rings. The second kappa shape index (κ2) is 6.58. The molecule has 0 aliphatic heterocycles. The fourth-order valence-corrected chi connectivity index (χ4v) is 2.51. The Kier molecular flexibility index (Phi) is 4.80. The normalized spacial score (nSPS) is 10.6. The van der Waals surface area contributed by atoms with Crippen LogP contribution in [0.25, 0.3) is 11.1 Å². The van der Waals surface area contributed by atoms with E-state index in [0.29, 0.717) is 0 Å². The minimum absolute atomic E-state index is 0.857. The lowest BCUT2D eigenvalue weighted by Crippen LogP contribution is -2.12. The summed E-state index contributed by atoms with van der Waals surface area (Å²) in [4.78, 5) is 0. The number of benzene rings is 2. The van der Waals surface area contributed by atoms with Crippen molar-refractivity contribution in [3.8, 4) is 16.9 Å². The van der Waals surface area contributed by atoms with Gasteiger partial charge < -0.3 is 10.1 Å². The van der Waals surface area contributed by atoms with E-state index in [1.165, 1.54) is 27.8 Å². The average molecular weight is 269 g/mol. The molecule has 0 aromatic heterocycles. The monoisotopic (exact) mass is 269 g/mol. The second-order valence-electron chi connectivity index (χ2n) is 5.18. The summed E-state index contributed by atoms with van der Waals surface area (Å²) >= 11 is 0. The molecule has 2 rings (SSSR count). The predicted octanol–water partition coefficient (Wildman–Crippen LogP) is 4.09. The molecule has 0 radical (unpaired) electrons. The highest BCUT2D eigenvalue weighted by Gasteiger charge is 2.07. The molecule has 0 heterocycles. The topological polar surface area (TPSA) is 21.3 Å². The van der Waals surface area contributed by atoms with E-state index in [4.69, 9.17) is 4.74 Å². The molecule has 0 atom stereocenters. The summed E-state index contributed by atoms with van der Waals surface area (Å²) in [5, 5.41) is 3.40. The van der Waals surface area contributed by atoms with Crippen LogP contribution in [0.1, 0.15) is 23.6 Å². The molecule has 0 spiro atoms. The number of hydrogen-bond acceptors (Lipinski definition) is 2. The van der Waals surface area contributed by atoms with E-state index >= 15 is 0 Å². The molecule has 0 aliphatic carbocycles. The number of aryl methyl sites for hydroxylation is 2. The van der Waals surface area contributed by atoms with E-state index in [0.717, 1.165) is 18.8 Å². The number of ether oxygens (including phenoxy) is 1. The number of methoxy groups -OCH3 is 1. The summed E-state index contributed by atoms with van der Waals surface area (Å²) in [6.45, 7) is 8.23. The van der Waals surface area contributed by atoms with Crippen LogP contribution in [0, 0.1) is 13.8 Å².